The molecule has 0 bridgehead atoms. The smallest absolute Gasteiger partial charge is 0.303 e. The van der Waals surface area contributed by atoms with Crippen LogP contribution < -0.4 is 10.6 Å². The molecule has 0 radical (unpaired) electrons. The second kappa shape index (κ2) is 8.81. The Kier molecular flexibility index (Phi) is 7.08. The van der Waals surface area contributed by atoms with Gasteiger partial charge in [0.05, 0.1) is 12.5 Å². The number of nitrogens with one attached hydrogen (secondary N) is 2. The predicted molar refractivity (Wildman–Crippen MR) is 82.1 cm³/mol. The van der Waals surface area contributed by atoms with E-state index in [-0.39, 0.29) is 30.7 Å². The quantitative estimate of drug-likeness (QED) is 0.680. The molecule has 0 aliphatic rings. The van der Waals surface area contributed by atoms with Gasteiger partial charge in [-0.3, -0.25) is 14.4 Å². The minimum absolute atomic E-state index is 0.00918. The molecule has 22 heavy (non-hydrogen) atoms. The zero-order chi connectivity index (χ0) is 16.5. The summed E-state index contributed by atoms with van der Waals surface area (Å²) in [6.45, 7) is 3.17. The summed E-state index contributed by atoms with van der Waals surface area (Å²) in [4.78, 5) is 33.9. The third-order valence-corrected chi connectivity index (χ3v) is 3.17. The second-order valence-electron chi connectivity index (χ2n) is 5.27. The van der Waals surface area contributed by atoms with E-state index in [9.17, 15) is 14.4 Å². The maximum absolute atomic E-state index is 12.1. The zero-order valence-corrected chi connectivity index (χ0v) is 12.8. The summed E-state index contributed by atoms with van der Waals surface area (Å²) in [6, 6.07) is 8.63. The Morgan fingerprint density at radius 1 is 1.14 bits per heavy atom. The minimum Gasteiger partial charge on any atom is -0.481 e. The second-order valence-corrected chi connectivity index (χ2v) is 5.27. The molecule has 0 saturated carbocycles. The number of amides is 2. The molecule has 120 valence electrons. The normalized spacial score (nSPS) is 13.0. The van der Waals surface area contributed by atoms with E-state index in [1.165, 1.54) is 6.92 Å². The van der Waals surface area contributed by atoms with Gasteiger partial charge < -0.3 is 15.7 Å². The first-order valence-electron chi connectivity index (χ1n) is 7.21. The summed E-state index contributed by atoms with van der Waals surface area (Å²) in [6.07, 6.45) is 0.494. The molecule has 3 N–H and O–H groups in total. The lowest BCUT2D eigenvalue weighted by molar-refractivity contribution is -0.137. The van der Waals surface area contributed by atoms with Crippen molar-refractivity contribution in [1.29, 1.82) is 0 Å². The highest BCUT2D eigenvalue weighted by atomic mass is 16.4. The van der Waals surface area contributed by atoms with Crippen molar-refractivity contribution in [2.75, 3.05) is 0 Å². The van der Waals surface area contributed by atoms with Crippen LogP contribution in [0.1, 0.15) is 44.7 Å². The molecule has 0 saturated heterocycles. The first kappa shape index (κ1) is 17.7. The Hall–Kier alpha value is -2.37. The Balaban J connectivity index is 2.60. The largest absolute Gasteiger partial charge is 0.481 e. The molecule has 0 aromatic heterocycles. The standard InChI is InChI=1S/C16H22N2O4/c1-11(8-9-16(21)22)17-15(20)10-14(18-12(2)19)13-6-4-3-5-7-13/h3-7,11,14H,8-10H2,1-2H3,(H,17,20)(H,18,19)(H,21,22). The molecule has 2 unspecified atom stereocenters. The number of rotatable bonds is 8. The molecule has 0 aliphatic heterocycles. The van der Waals surface area contributed by atoms with Crippen molar-refractivity contribution >= 4 is 17.8 Å². The number of carbonyl (C=O) groups is 3. The van der Waals surface area contributed by atoms with Crippen molar-refractivity contribution < 1.29 is 19.5 Å². The Bertz CT molecular complexity index is 516. The van der Waals surface area contributed by atoms with Crippen molar-refractivity contribution in [2.45, 2.75) is 45.2 Å². The number of hydrogen-bond donors (Lipinski definition) is 3. The average molecular weight is 306 g/mol. The molecule has 0 heterocycles. The molecule has 0 spiro atoms. The monoisotopic (exact) mass is 306 g/mol. The highest BCUT2D eigenvalue weighted by Gasteiger charge is 2.18. The van der Waals surface area contributed by atoms with Gasteiger partial charge in [0.2, 0.25) is 11.8 Å². The van der Waals surface area contributed by atoms with E-state index in [0.29, 0.717) is 6.42 Å². The van der Waals surface area contributed by atoms with Gasteiger partial charge in [-0.05, 0) is 18.9 Å². The lowest BCUT2D eigenvalue weighted by atomic mass is 10.0. The van der Waals surface area contributed by atoms with Crippen LogP contribution in [-0.4, -0.2) is 28.9 Å². The van der Waals surface area contributed by atoms with Crippen molar-refractivity contribution in [3.8, 4) is 0 Å². The van der Waals surface area contributed by atoms with E-state index in [0.717, 1.165) is 5.56 Å². The van der Waals surface area contributed by atoms with E-state index in [1.54, 1.807) is 6.92 Å². The molecule has 1 aromatic rings. The van der Waals surface area contributed by atoms with E-state index in [1.807, 2.05) is 30.3 Å². The maximum atomic E-state index is 12.1. The van der Waals surface area contributed by atoms with Crippen LogP contribution >= 0.6 is 0 Å². The Morgan fingerprint density at radius 3 is 2.32 bits per heavy atom. The third kappa shape index (κ3) is 6.88. The van der Waals surface area contributed by atoms with Crippen LogP contribution in [0.5, 0.6) is 0 Å². The number of aliphatic carboxylic acids is 1. The lowest BCUT2D eigenvalue weighted by Crippen LogP contribution is -2.37. The number of carboxylic acids is 1. The van der Waals surface area contributed by atoms with Crippen molar-refractivity contribution in [2.24, 2.45) is 0 Å². The van der Waals surface area contributed by atoms with Gasteiger partial charge in [0.25, 0.3) is 0 Å². The number of hydrogen-bond acceptors (Lipinski definition) is 3. The van der Waals surface area contributed by atoms with E-state index in [4.69, 9.17) is 5.11 Å². The summed E-state index contributed by atoms with van der Waals surface area (Å²) in [5, 5.41) is 14.1. The topological polar surface area (TPSA) is 95.5 Å². The average Bonchev–Trinajstić information content (AvgIpc) is 2.45. The van der Waals surface area contributed by atoms with Crippen LogP contribution in [0.3, 0.4) is 0 Å². The van der Waals surface area contributed by atoms with Crippen LogP contribution in [-0.2, 0) is 14.4 Å². The van der Waals surface area contributed by atoms with Gasteiger partial charge >= 0.3 is 5.97 Å². The zero-order valence-electron chi connectivity index (χ0n) is 12.8. The Labute approximate surface area is 129 Å². The molecule has 6 heteroatoms. The van der Waals surface area contributed by atoms with Crippen LogP contribution in [0, 0.1) is 0 Å². The lowest BCUT2D eigenvalue weighted by Gasteiger charge is -2.20. The summed E-state index contributed by atoms with van der Waals surface area (Å²) >= 11 is 0. The molecule has 2 atom stereocenters. The number of carboxylic acid groups (broad SMARTS) is 1. The minimum atomic E-state index is -0.887. The van der Waals surface area contributed by atoms with E-state index >= 15 is 0 Å². The number of benzene rings is 1. The van der Waals surface area contributed by atoms with Crippen LogP contribution in [0.25, 0.3) is 0 Å². The van der Waals surface area contributed by atoms with Crippen LogP contribution in [0.15, 0.2) is 30.3 Å². The fourth-order valence-electron chi connectivity index (χ4n) is 2.11. The summed E-state index contributed by atoms with van der Waals surface area (Å²) in [7, 11) is 0. The summed E-state index contributed by atoms with van der Waals surface area (Å²) in [5.41, 5.74) is 0.853. The molecular weight excluding hydrogens is 284 g/mol. The van der Waals surface area contributed by atoms with Crippen LogP contribution in [0.4, 0.5) is 0 Å². The molecule has 0 aliphatic carbocycles. The van der Waals surface area contributed by atoms with Gasteiger partial charge in [-0.2, -0.15) is 0 Å². The van der Waals surface area contributed by atoms with Crippen molar-refractivity contribution in [3.05, 3.63) is 35.9 Å². The molecule has 2 amide bonds. The Morgan fingerprint density at radius 2 is 1.77 bits per heavy atom. The fourth-order valence-corrected chi connectivity index (χ4v) is 2.11. The molecule has 1 aromatic carbocycles. The maximum Gasteiger partial charge on any atom is 0.303 e. The van der Waals surface area contributed by atoms with Gasteiger partial charge in [-0.1, -0.05) is 30.3 Å². The molecular formula is C16H22N2O4. The van der Waals surface area contributed by atoms with Crippen molar-refractivity contribution in [1.82, 2.24) is 10.6 Å². The summed E-state index contributed by atoms with van der Waals surface area (Å²) in [5.74, 6) is -1.32. The van der Waals surface area contributed by atoms with Gasteiger partial charge in [0, 0.05) is 19.4 Å². The first-order chi connectivity index (χ1) is 10.4. The van der Waals surface area contributed by atoms with Gasteiger partial charge in [-0.25, -0.2) is 0 Å². The molecule has 6 nitrogen and oxygen atoms in total. The van der Waals surface area contributed by atoms with Crippen molar-refractivity contribution in [3.63, 3.8) is 0 Å². The highest BCUT2D eigenvalue weighted by molar-refractivity contribution is 5.79. The predicted octanol–water partition coefficient (Wildman–Crippen LogP) is 1.62. The van der Waals surface area contributed by atoms with Gasteiger partial charge in [-0.15, -0.1) is 0 Å². The van der Waals surface area contributed by atoms with E-state index < -0.39 is 12.0 Å². The highest BCUT2D eigenvalue weighted by Crippen LogP contribution is 2.16. The van der Waals surface area contributed by atoms with Gasteiger partial charge in [0.15, 0.2) is 0 Å². The first-order valence-corrected chi connectivity index (χ1v) is 7.21. The third-order valence-electron chi connectivity index (χ3n) is 3.17. The molecule has 0 fully saturated rings. The SMILES string of the molecule is CC(=O)NC(CC(=O)NC(C)CCC(=O)O)c1ccccc1. The van der Waals surface area contributed by atoms with Gasteiger partial charge in [0.1, 0.15) is 0 Å². The molecule has 1 rings (SSSR count). The number of carbonyl (C=O) groups excluding carboxylic acids is 2. The van der Waals surface area contributed by atoms with Crippen LogP contribution in [0.2, 0.25) is 0 Å². The summed E-state index contributed by atoms with van der Waals surface area (Å²) < 4.78 is 0. The van der Waals surface area contributed by atoms with E-state index in [2.05, 4.69) is 10.6 Å². The fraction of sp³-hybridized carbons (Fsp3) is 0.438.